The molecule has 0 unspecified atom stereocenters. The van der Waals surface area contributed by atoms with Crippen LogP contribution in [0.5, 0.6) is 17.2 Å². The van der Waals surface area contributed by atoms with Crippen molar-refractivity contribution in [3.63, 3.8) is 0 Å². The highest BCUT2D eigenvalue weighted by Crippen LogP contribution is 2.28. The van der Waals surface area contributed by atoms with E-state index in [0.29, 0.717) is 22.1 Å². The number of hydrogen-bond acceptors (Lipinski definition) is 5. The molecule has 7 heteroatoms. The molecule has 27 heavy (non-hydrogen) atoms. The quantitative estimate of drug-likeness (QED) is 0.761. The molecular weight excluding hydrogens is 370 g/mol. The second-order valence-electron chi connectivity index (χ2n) is 5.99. The Hall–Kier alpha value is -2.70. The number of nitrogens with one attached hydrogen (secondary N) is 1. The number of hydrogen-bond donors (Lipinski definition) is 2. The first-order valence-corrected chi connectivity index (χ1v) is 8.79. The second-order valence-corrected chi connectivity index (χ2v) is 6.43. The molecule has 0 radical (unpaired) electrons. The summed E-state index contributed by atoms with van der Waals surface area (Å²) in [5.41, 5.74) is 1.22. The summed E-state index contributed by atoms with van der Waals surface area (Å²) in [5.74, 6) is 1.71. The van der Waals surface area contributed by atoms with Crippen molar-refractivity contribution in [2.45, 2.75) is 6.10 Å². The van der Waals surface area contributed by atoms with E-state index in [4.69, 9.17) is 25.8 Å². The predicted octanol–water partition coefficient (Wildman–Crippen LogP) is 2.68. The molecule has 142 valence electrons. The van der Waals surface area contributed by atoms with Gasteiger partial charge in [0, 0.05) is 17.1 Å². The van der Waals surface area contributed by atoms with E-state index in [1.807, 2.05) is 0 Å². The Morgan fingerprint density at radius 3 is 2.74 bits per heavy atom. The van der Waals surface area contributed by atoms with Gasteiger partial charge in [-0.1, -0.05) is 11.6 Å². The molecule has 6 nitrogen and oxygen atoms in total. The largest absolute Gasteiger partial charge is 0.497 e. The number of carbonyl (C=O) groups is 1. The third kappa shape index (κ3) is 5.15. The van der Waals surface area contributed by atoms with Crippen LogP contribution < -0.4 is 19.5 Å². The highest BCUT2D eigenvalue weighted by atomic mass is 35.5. The minimum Gasteiger partial charge on any atom is -0.497 e. The Morgan fingerprint density at radius 2 is 2.00 bits per heavy atom. The molecule has 1 aliphatic rings. The van der Waals surface area contributed by atoms with Crippen LogP contribution >= 0.6 is 11.6 Å². The van der Waals surface area contributed by atoms with Crippen LogP contribution in [0.2, 0.25) is 5.02 Å². The maximum Gasteiger partial charge on any atom is 0.250 e. The van der Waals surface area contributed by atoms with Crippen LogP contribution in [0.3, 0.4) is 0 Å². The molecule has 1 atom stereocenters. The summed E-state index contributed by atoms with van der Waals surface area (Å²) < 4.78 is 16.1. The van der Waals surface area contributed by atoms with E-state index in [0.717, 1.165) is 11.3 Å². The Kier molecular flexibility index (Phi) is 6.21. The SMILES string of the molecule is COc1ccc(OC[C@H](O)CNC(=O)C2=Cc3cc(Cl)ccc3OC2)cc1. The molecular formula is C20H20ClNO5. The highest BCUT2D eigenvalue weighted by Gasteiger charge is 2.18. The van der Waals surface area contributed by atoms with Crippen molar-refractivity contribution >= 4 is 23.6 Å². The van der Waals surface area contributed by atoms with Gasteiger partial charge >= 0.3 is 0 Å². The van der Waals surface area contributed by atoms with Gasteiger partial charge in [0.1, 0.15) is 36.6 Å². The van der Waals surface area contributed by atoms with Gasteiger partial charge < -0.3 is 24.6 Å². The summed E-state index contributed by atoms with van der Waals surface area (Å²) in [5, 5.41) is 13.3. The number of aliphatic hydroxyl groups is 1. The molecule has 0 saturated heterocycles. The Bertz CT molecular complexity index is 835. The number of ether oxygens (including phenoxy) is 3. The van der Waals surface area contributed by atoms with Crippen molar-refractivity contribution in [2.75, 3.05) is 26.9 Å². The van der Waals surface area contributed by atoms with E-state index in [2.05, 4.69) is 5.32 Å². The number of carbonyl (C=O) groups excluding carboxylic acids is 1. The number of rotatable bonds is 7. The average Bonchev–Trinajstić information content (AvgIpc) is 2.70. The van der Waals surface area contributed by atoms with Gasteiger partial charge in [-0.2, -0.15) is 0 Å². The first kappa shape index (κ1) is 19.1. The molecule has 2 aromatic rings. The van der Waals surface area contributed by atoms with E-state index >= 15 is 0 Å². The van der Waals surface area contributed by atoms with E-state index in [1.54, 1.807) is 55.7 Å². The second kappa shape index (κ2) is 8.79. The Morgan fingerprint density at radius 1 is 1.26 bits per heavy atom. The number of amides is 1. The number of halogens is 1. The zero-order chi connectivity index (χ0) is 19.2. The molecule has 0 fully saturated rings. The van der Waals surface area contributed by atoms with Crippen molar-refractivity contribution in [3.8, 4) is 17.2 Å². The van der Waals surface area contributed by atoms with Gasteiger partial charge in [-0.15, -0.1) is 0 Å². The predicted molar refractivity (Wildman–Crippen MR) is 102 cm³/mol. The van der Waals surface area contributed by atoms with Crippen molar-refractivity contribution in [2.24, 2.45) is 0 Å². The molecule has 0 bridgehead atoms. The zero-order valence-electron chi connectivity index (χ0n) is 14.8. The number of fused-ring (bicyclic) bond motifs is 1. The van der Waals surface area contributed by atoms with Gasteiger partial charge in [0.25, 0.3) is 5.91 Å². The van der Waals surface area contributed by atoms with Gasteiger partial charge in [0.15, 0.2) is 0 Å². The lowest BCUT2D eigenvalue weighted by Crippen LogP contribution is -2.37. The molecule has 3 rings (SSSR count). The van der Waals surface area contributed by atoms with E-state index in [9.17, 15) is 9.90 Å². The summed E-state index contributed by atoms with van der Waals surface area (Å²) in [7, 11) is 1.59. The van der Waals surface area contributed by atoms with E-state index in [-0.39, 0.29) is 25.7 Å². The fourth-order valence-electron chi connectivity index (χ4n) is 2.53. The topological polar surface area (TPSA) is 77.0 Å². The molecule has 0 spiro atoms. The van der Waals surface area contributed by atoms with Crippen LogP contribution in [0.15, 0.2) is 48.0 Å². The molecule has 1 heterocycles. The zero-order valence-corrected chi connectivity index (χ0v) is 15.5. The number of benzene rings is 2. The van der Waals surface area contributed by atoms with Crippen LogP contribution in [0.1, 0.15) is 5.56 Å². The van der Waals surface area contributed by atoms with E-state index < -0.39 is 6.10 Å². The van der Waals surface area contributed by atoms with Gasteiger partial charge in [0.05, 0.1) is 12.7 Å². The molecule has 0 aromatic heterocycles. The maximum absolute atomic E-state index is 12.3. The van der Waals surface area contributed by atoms with Crippen molar-refractivity contribution < 1.29 is 24.1 Å². The first-order chi connectivity index (χ1) is 13.0. The van der Waals surface area contributed by atoms with Crippen molar-refractivity contribution in [1.29, 1.82) is 0 Å². The van der Waals surface area contributed by atoms with Gasteiger partial charge in [-0.25, -0.2) is 0 Å². The first-order valence-electron chi connectivity index (χ1n) is 8.41. The van der Waals surface area contributed by atoms with Gasteiger partial charge in [-0.3, -0.25) is 4.79 Å². The lowest BCUT2D eigenvalue weighted by Gasteiger charge is -2.19. The molecule has 1 aliphatic heterocycles. The summed E-state index contributed by atoms with van der Waals surface area (Å²) in [6.07, 6.45) is 0.892. The van der Waals surface area contributed by atoms with Crippen molar-refractivity contribution in [3.05, 3.63) is 58.6 Å². The fraction of sp³-hybridized carbons (Fsp3) is 0.250. The summed E-state index contributed by atoms with van der Waals surface area (Å²) in [6, 6.07) is 12.3. The Labute approximate surface area is 162 Å². The smallest absolute Gasteiger partial charge is 0.250 e. The maximum atomic E-state index is 12.3. The third-order valence-electron chi connectivity index (χ3n) is 3.98. The minimum atomic E-state index is -0.845. The van der Waals surface area contributed by atoms with Crippen LogP contribution in [0, 0.1) is 0 Å². The summed E-state index contributed by atoms with van der Waals surface area (Å²) in [4.78, 5) is 12.3. The monoisotopic (exact) mass is 389 g/mol. The van der Waals surface area contributed by atoms with Gasteiger partial charge in [-0.05, 0) is 48.5 Å². The van der Waals surface area contributed by atoms with Crippen LogP contribution in [-0.4, -0.2) is 44.0 Å². The minimum absolute atomic E-state index is 0.0561. The van der Waals surface area contributed by atoms with E-state index in [1.165, 1.54) is 0 Å². The molecule has 0 saturated carbocycles. The fourth-order valence-corrected chi connectivity index (χ4v) is 2.71. The van der Waals surface area contributed by atoms with Crippen LogP contribution in [0.25, 0.3) is 6.08 Å². The molecule has 1 amide bonds. The summed E-state index contributed by atoms with van der Waals surface area (Å²) >= 11 is 5.97. The third-order valence-corrected chi connectivity index (χ3v) is 4.21. The molecule has 2 N–H and O–H groups in total. The number of aliphatic hydroxyl groups excluding tert-OH is 1. The molecule has 0 aliphatic carbocycles. The van der Waals surface area contributed by atoms with Crippen LogP contribution in [0.4, 0.5) is 0 Å². The molecule has 2 aromatic carbocycles. The lowest BCUT2D eigenvalue weighted by molar-refractivity contribution is -0.118. The number of methoxy groups -OCH3 is 1. The van der Waals surface area contributed by atoms with Crippen LogP contribution in [-0.2, 0) is 4.79 Å². The lowest BCUT2D eigenvalue weighted by atomic mass is 10.1. The van der Waals surface area contributed by atoms with Gasteiger partial charge in [0.2, 0.25) is 0 Å². The van der Waals surface area contributed by atoms with Crippen molar-refractivity contribution in [1.82, 2.24) is 5.32 Å². The highest BCUT2D eigenvalue weighted by molar-refractivity contribution is 6.30. The average molecular weight is 390 g/mol. The Balaban J connectivity index is 1.48. The summed E-state index contributed by atoms with van der Waals surface area (Å²) in [6.45, 7) is 0.286. The normalized spacial score (nSPS) is 13.7. The standard InChI is InChI=1S/C20H20ClNO5/c1-25-17-3-5-18(6-4-17)26-12-16(23)10-22-20(24)14-8-13-9-15(21)2-7-19(13)27-11-14/h2-9,16,23H,10-12H2,1H3,(H,22,24)/t16-/m1/s1.